The van der Waals surface area contributed by atoms with Gasteiger partial charge in [0.2, 0.25) is 0 Å². The van der Waals surface area contributed by atoms with Crippen LogP contribution in [0.1, 0.15) is 43.0 Å². The number of nitrogens with one attached hydrogen (secondary N) is 1. The van der Waals surface area contributed by atoms with Crippen LogP contribution in [0, 0.1) is 12.8 Å². The predicted molar refractivity (Wildman–Crippen MR) is 57.7 cm³/mol. The number of aryl methyl sites for hydroxylation is 1. The zero-order valence-electron chi connectivity index (χ0n) is 9.05. The fourth-order valence-corrected chi connectivity index (χ4v) is 2.49. The van der Waals surface area contributed by atoms with Crippen LogP contribution in [0.5, 0.6) is 0 Å². The average molecular weight is 191 g/mol. The van der Waals surface area contributed by atoms with Crippen LogP contribution >= 0.6 is 0 Å². The van der Waals surface area contributed by atoms with Crippen molar-refractivity contribution in [1.29, 1.82) is 0 Å². The van der Waals surface area contributed by atoms with Gasteiger partial charge in [-0.1, -0.05) is 13.8 Å². The smallest absolute Gasteiger partial charge is 0.251 e. The Morgan fingerprint density at radius 3 is 2.86 bits per heavy atom. The topological polar surface area (TPSA) is 32.9 Å². The minimum Gasteiger partial charge on any atom is -0.325 e. The summed E-state index contributed by atoms with van der Waals surface area (Å²) in [6.45, 7) is 6.35. The minimum atomic E-state index is 0.0742. The maximum absolute atomic E-state index is 11.5. The van der Waals surface area contributed by atoms with Gasteiger partial charge in [0.25, 0.3) is 5.56 Å². The lowest BCUT2D eigenvalue weighted by Crippen LogP contribution is -2.22. The molecule has 76 valence electrons. The highest BCUT2D eigenvalue weighted by Crippen LogP contribution is 2.32. The number of aromatic amines is 1. The van der Waals surface area contributed by atoms with Crippen molar-refractivity contribution in [2.24, 2.45) is 5.92 Å². The molecule has 2 unspecified atom stereocenters. The second-order valence-electron chi connectivity index (χ2n) is 4.67. The summed E-state index contributed by atoms with van der Waals surface area (Å²) in [4.78, 5) is 14.5. The summed E-state index contributed by atoms with van der Waals surface area (Å²) in [6.07, 6.45) is 2.29. The van der Waals surface area contributed by atoms with Crippen LogP contribution in [0.25, 0.3) is 0 Å². The molecule has 2 rings (SSSR count). The standard InChI is InChI=1S/C12H17NO/c1-7-4-8(2)11-10(5-7)6-9(3)12(14)13-11/h6-8H,4-5H2,1-3H3,(H,13,14). The summed E-state index contributed by atoms with van der Waals surface area (Å²) in [5.74, 6) is 1.24. The third kappa shape index (κ3) is 1.49. The Morgan fingerprint density at radius 1 is 1.43 bits per heavy atom. The summed E-state index contributed by atoms with van der Waals surface area (Å²) in [6, 6.07) is 2.06. The third-order valence-electron chi connectivity index (χ3n) is 3.16. The Hall–Kier alpha value is -1.05. The molecule has 0 saturated carbocycles. The van der Waals surface area contributed by atoms with Crippen molar-refractivity contribution >= 4 is 0 Å². The van der Waals surface area contributed by atoms with Crippen LogP contribution in [-0.2, 0) is 6.42 Å². The molecule has 0 spiro atoms. The highest BCUT2D eigenvalue weighted by atomic mass is 16.1. The van der Waals surface area contributed by atoms with Crippen molar-refractivity contribution in [2.45, 2.75) is 39.5 Å². The molecule has 1 aromatic rings. The molecule has 0 aliphatic heterocycles. The van der Waals surface area contributed by atoms with Crippen LogP contribution in [0.15, 0.2) is 10.9 Å². The first-order valence-electron chi connectivity index (χ1n) is 5.30. The van der Waals surface area contributed by atoms with E-state index in [1.807, 2.05) is 6.92 Å². The molecule has 1 N–H and O–H groups in total. The van der Waals surface area contributed by atoms with Crippen molar-refractivity contribution in [3.05, 3.63) is 33.2 Å². The van der Waals surface area contributed by atoms with E-state index in [9.17, 15) is 4.79 Å². The molecule has 0 fully saturated rings. The van der Waals surface area contributed by atoms with E-state index in [1.165, 1.54) is 17.7 Å². The van der Waals surface area contributed by atoms with Crippen LogP contribution < -0.4 is 5.56 Å². The van der Waals surface area contributed by atoms with E-state index < -0.39 is 0 Å². The van der Waals surface area contributed by atoms with Crippen LogP contribution in [0.2, 0.25) is 0 Å². The second kappa shape index (κ2) is 3.26. The first-order valence-corrected chi connectivity index (χ1v) is 5.30. The summed E-state index contributed by atoms with van der Waals surface area (Å²) in [5, 5.41) is 0. The molecule has 0 bridgehead atoms. The highest BCUT2D eigenvalue weighted by molar-refractivity contribution is 5.29. The van der Waals surface area contributed by atoms with E-state index in [2.05, 4.69) is 24.9 Å². The molecule has 0 aromatic carbocycles. The lowest BCUT2D eigenvalue weighted by atomic mass is 9.81. The molecule has 0 saturated heterocycles. The van der Waals surface area contributed by atoms with Crippen LogP contribution in [-0.4, -0.2) is 4.98 Å². The second-order valence-corrected chi connectivity index (χ2v) is 4.67. The van der Waals surface area contributed by atoms with Gasteiger partial charge in [-0.05, 0) is 43.2 Å². The van der Waals surface area contributed by atoms with E-state index in [1.54, 1.807) is 0 Å². The molecule has 14 heavy (non-hydrogen) atoms. The maximum atomic E-state index is 11.5. The van der Waals surface area contributed by atoms with Crippen molar-refractivity contribution in [3.63, 3.8) is 0 Å². The molecule has 0 radical (unpaired) electrons. The van der Waals surface area contributed by atoms with Crippen molar-refractivity contribution in [3.8, 4) is 0 Å². The molecule has 1 aliphatic carbocycles. The number of hydrogen-bond acceptors (Lipinski definition) is 1. The Kier molecular flexibility index (Phi) is 2.22. The number of H-pyrrole nitrogens is 1. The molecular weight excluding hydrogens is 174 g/mol. The molecule has 0 amide bonds. The monoisotopic (exact) mass is 191 g/mol. The summed E-state index contributed by atoms with van der Waals surface area (Å²) >= 11 is 0. The number of hydrogen-bond donors (Lipinski definition) is 1. The van der Waals surface area contributed by atoms with E-state index in [-0.39, 0.29) is 5.56 Å². The van der Waals surface area contributed by atoms with Gasteiger partial charge < -0.3 is 4.98 Å². The Morgan fingerprint density at radius 2 is 2.14 bits per heavy atom. The predicted octanol–water partition coefficient (Wildman–Crippen LogP) is 2.37. The maximum Gasteiger partial charge on any atom is 0.251 e. The van der Waals surface area contributed by atoms with Gasteiger partial charge in [0.1, 0.15) is 0 Å². The minimum absolute atomic E-state index is 0.0742. The zero-order chi connectivity index (χ0) is 10.3. The van der Waals surface area contributed by atoms with Gasteiger partial charge in [0.05, 0.1) is 0 Å². The molecule has 1 aliphatic rings. The lowest BCUT2D eigenvalue weighted by Gasteiger charge is -2.26. The van der Waals surface area contributed by atoms with Crippen molar-refractivity contribution in [1.82, 2.24) is 4.98 Å². The van der Waals surface area contributed by atoms with E-state index in [0.29, 0.717) is 5.92 Å². The Bertz CT molecular complexity index is 405. The van der Waals surface area contributed by atoms with Gasteiger partial charge in [0.15, 0.2) is 0 Å². The molecule has 1 heterocycles. The van der Waals surface area contributed by atoms with Gasteiger partial charge in [-0.3, -0.25) is 4.79 Å². The van der Waals surface area contributed by atoms with Crippen LogP contribution in [0.4, 0.5) is 0 Å². The summed E-state index contributed by atoms with van der Waals surface area (Å²) < 4.78 is 0. The molecule has 2 heteroatoms. The van der Waals surface area contributed by atoms with Crippen molar-refractivity contribution in [2.75, 3.05) is 0 Å². The number of fused-ring (bicyclic) bond motifs is 1. The van der Waals surface area contributed by atoms with E-state index in [0.717, 1.165) is 17.9 Å². The normalized spacial score (nSPS) is 25.9. The van der Waals surface area contributed by atoms with Gasteiger partial charge in [-0.25, -0.2) is 0 Å². The van der Waals surface area contributed by atoms with Crippen LogP contribution in [0.3, 0.4) is 0 Å². The van der Waals surface area contributed by atoms with E-state index in [4.69, 9.17) is 0 Å². The quantitative estimate of drug-likeness (QED) is 0.671. The van der Waals surface area contributed by atoms with Gasteiger partial charge in [-0.15, -0.1) is 0 Å². The fraction of sp³-hybridized carbons (Fsp3) is 0.583. The first kappa shape index (κ1) is 9.50. The van der Waals surface area contributed by atoms with Gasteiger partial charge in [-0.2, -0.15) is 0 Å². The van der Waals surface area contributed by atoms with Gasteiger partial charge >= 0.3 is 0 Å². The van der Waals surface area contributed by atoms with Crippen molar-refractivity contribution < 1.29 is 0 Å². The zero-order valence-corrected chi connectivity index (χ0v) is 9.05. The number of rotatable bonds is 0. The SMILES string of the molecule is Cc1cc2c([nH]c1=O)C(C)CC(C)C2. The number of aromatic nitrogens is 1. The third-order valence-corrected chi connectivity index (χ3v) is 3.16. The molecule has 2 atom stereocenters. The Balaban J connectivity index is 2.54. The number of pyridine rings is 1. The average Bonchev–Trinajstić information content (AvgIpc) is 2.08. The summed E-state index contributed by atoms with van der Waals surface area (Å²) in [5.41, 5.74) is 3.42. The molecular formula is C12H17NO. The highest BCUT2D eigenvalue weighted by Gasteiger charge is 2.22. The van der Waals surface area contributed by atoms with E-state index >= 15 is 0 Å². The largest absolute Gasteiger partial charge is 0.325 e. The first-order chi connectivity index (χ1) is 6.58. The van der Waals surface area contributed by atoms with Gasteiger partial charge in [0, 0.05) is 11.3 Å². The lowest BCUT2D eigenvalue weighted by molar-refractivity contribution is 0.440. The molecule has 1 aromatic heterocycles. The Labute approximate surface area is 84.4 Å². The summed E-state index contributed by atoms with van der Waals surface area (Å²) in [7, 11) is 0. The molecule has 2 nitrogen and oxygen atoms in total. The fourth-order valence-electron chi connectivity index (χ4n) is 2.49.